The fraction of sp³-hybridized carbons (Fsp3) is 0.143. The highest BCUT2D eigenvalue weighted by molar-refractivity contribution is 6.35. The van der Waals surface area contributed by atoms with E-state index in [1.165, 1.54) is 6.07 Å². The zero-order valence-electron chi connectivity index (χ0n) is 6.44. The molecule has 0 amide bonds. The highest BCUT2D eigenvalue weighted by Gasteiger charge is 2.30. The molecule has 1 rings (SSSR count). The molecular weight excluding hydrogens is 166 g/mol. The molecule has 0 aliphatic carbocycles. The van der Waals surface area contributed by atoms with Crippen LogP contribution in [0.4, 0.5) is 18.9 Å². The molecular formula is C7H7BF3N. The van der Waals surface area contributed by atoms with E-state index in [4.69, 9.17) is 5.73 Å². The van der Waals surface area contributed by atoms with Crippen LogP contribution in [0, 0.1) is 0 Å². The van der Waals surface area contributed by atoms with E-state index in [0.717, 1.165) is 12.1 Å². The van der Waals surface area contributed by atoms with Crippen LogP contribution in [0.3, 0.4) is 0 Å². The smallest absolute Gasteiger partial charge is 0.399 e. The van der Waals surface area contributed by atoms with Gasteiger partial charge in [0.1, 0.15) is 7.85 Å². The largest absolute Gasteiger partial charge is 0.416 e. The van der Waals surface area contributed by atoms with Gasteiger partial charge in [0.05, 0.1) is 5.56 Å². The maximum atomic E-state index is 12.1. The van der Waals surface area contributed by atoms with Crippen LogP contribution in [0.5, 0.6) is 0 Å². The maximum Gasteiger partial charge on any atom is 0.416 e. The molecule has 12 heavy (non-hydrogen) atoms. The number of nitrogens with two attached hydrogens (primary N) is 1. The summed E-state index contributed by atoms with van der Waals surface area (Å²) in [6.07, 6.45) is -4.28. The maximum absolute atomic E-state index is 12.1. The van der Waals surface area contributed by atoms with E-state index in [1.54, 1.807) is 7.85 Å². The van der Waals surface area contributed by atoms with E-state index in [0.29, 0.717) is 11.2 Å². The quantitative estimate of drug-likeness (QED) is 0.449. The number of halogens is 3. The van der Waals surface area contributed by atoms with Crippen molar-refractivity contribution in [2.75, 3.05) is 5.73 Å². The van der Waals surface area contributed by atoms with Gasteiger partial charge in [0.25, 0.3) is 0 Å². The van der Waals surface area contributed by atoms with Gasteiger partial charge in [0.15, 0.2) is 0 Å². The number of rotatable bonds is 0. The SMILES string of the molecule is Bc1cc(C(F)(F)F)ccc1N. The van der Waals surface area contributed by atoms with Crippen molar-refractivity contribution < 1.29 is 13.2 Å². The summed E-state index contributed by atoms with van der Waals surface area (Å²) in [5.41, 5.74) is 5.53. The Balaban J connectivity index is 3.14. The molecule has 0 saturated heterocycles. The van der Waals surface area contributed by atoms with Crippen LogP contribution < -0.4 is 11.2 Å². The molecule has 2 N–H and O–H groups in total. The Kier molecular flexibility index (Phi) is 2.04. The Morgan fingerprint density at radius 2 is 1.83 bits per heavy atom. The fourth-order valence-electron chi connectivity index (χ4n) is 0.852. The van der Waals surface area contributed by atoms with Crippen molar-refractivity contribution in [3.05, 3.63) is 23.8 Å². The summed E-state index contributed by atoms with van der Waals surface area (Å²) < 4.78 is 36.2. The van der Waals surface area contributed by atoms with Gasteiger partial charge < -0.3 is 5.73 Å². The van der Waals surface area contributed by atoms with Crippen LogP contribution in [-0.2, 0) is 6.18 Å². The molecule has 0 bridgehead atoms. The van der Waals surface area contributed by atoms with Gasteiger partial charge in [-0.25, -0.2) is 0 Å². The number of benzene rings is 1. The predicted molar refractivity (Wildman–Crippen MR) is 44.0 cm³/mol. The Morgan fingerprint density at radius 1 is 1.25 bits per heavy atom. The molecule has 5 heteroatoms. The standard InChI is InChI=1S/C7H7BF3N/c8-5-3-4(7(9,10)11)1-2-6(5)12/h1-3H,8,12H2. The summed E-state index contributed by atoms with van der Waals surface area (Å²) in [6, 6.07) is 3.27. The summed E-state index contributed by atoms with van der Waals surface area (Å²) in [5, 5.41) is 0. The second-order valence-electron chi connectivity index (χ2n) is 2.57. The van der Waals surface area contributed by atoms with Crippen molar-refractivity contribution >= 4 is 19.0 Å². The van der Waals surface area contributed by atoms with Crippen LogP contribution in [0.25, 0.3) is 0 Å². The first kappa shape index (κ1) is 8.97. The van der Waals surface area contributed by atoms with E-state index < -0.39 is 11.7 Å². The molecule has 0 heterocycles. The first-order chi connectivity index (χ1) is 5.41. The molecule has 0 fully saturated rings. The van der Waals surface area contributed by atoms with Crippen molar-refractivity contribution in [3.63, 3.8) is 0 Å². The molecule has 1 aromatic carbocycles. The van der Waals surface area contributed by atoms with Crippen molar-refractivity contribution in [3.8, 4) is 0 Å². The summed E-state index contributed by atoms with van der Waals surface area (Å²) in [5.74, 6) is 0. The van der Waals surface area contributed by atoms with Gasteiger partial charge >= 0.3 is 6.18 Å². The van der Waals surface area contributed by atoms with Gasteiger partial charge in [0, 0.05) is 5.69 Å². The molecule has 0 aliphatic rings. The number of hydrogen-bond donors (Lipinski definition) is 1. The van der Waals surface area contributed by atoms with Gasteiger partial charge in [-0.15, -0.1) is 0 Å². The lowest BCUT2D eigenvalue weighted by Gasteiger charge is -2.08. The van der Waals surface area contributed by atoms with Crippen LogP contribution in [0.15, 0.2) is 18.2 Å². The van der Waals surface area contributed by atoms with Gasteiger partial charge in [-0.05, 0) is 12.1 Å². The minimum absolute atomic E-state index is 0.378. The Labute approximate surface area is 68.8 Å². The average Bonchev–Trinajstić information content (AvgIpc) is 1.92. The Bertz CT molecular complexity index is 295. The molecule has 0 aliphatic heterocycles. The van der Waals surface area contributed by atoms with Crippen LogP contribution in [0.1, 0.15) is 5.56 Å². The molecule has 0 spiro atoms. The van der Waals surface area contributed by atoms with Crippen LogP contribution in [0.2, 0.25) is 0 Å². The predicted octanol–water partition coefficient (Wildman–Crippen LogP) is 0.546. The number of anilines is 1. The second-order valence-corrected chi connectivity index (χ2v) is 2.57. The van der Waals surface area contributed by atoms with E-state index in [1.807, 2.05) is 0 Å². The molecule has 1 nitrogen and oxygen atoms in total. The second kappa shape index (κ2) is 2.73. The molecule has 0 radical (unpaired) electrons. The van der Waals surface area contributed by atoms with E-state index in [9.17, 15) is 13.2 Å². The van der Waals surface area contributed by atoms with Crippen molar-refractivity contribution in [2.45, 2.75) is 6.18 Å². The number of nitrogen functional groups attached to an aromatic ring is 1. The Morgan fingerprint density at radius 3 is 2.25 bits per heavy atom. The number of hydrogen-bond acceptors (Lipinski definition) is 1. The van der Waals surface area contributed by atoms with Crippen LogP contribution in [-0.4, -0.2) is 7.85 Å². The monoisotopic (exact) mass is 173 g/mol. The third kappa shape index (κ3) is 1.72. The van der Waals surface area contributed by atoms with Gasteiger partial charge in [-0.3, -0.25) is 0 Å². The molecule has 0 saturated carbocycles. The topological polar surface area (TPSA) is 26.0 Å². The molecule has 0 aromatic heterocycles. The van der Waals surface area contributed by atoms with Gasteiger partial charge in [0.2, 0.25) is 0 Å². The Hall–Kier alpha value is -1.13. The third-order valence-corrected chi connectivity index (χ3v) is 1.60. The molecule has 0 unspecified atom stereocenters. The summed E-state index contributed by atoms with van der Waals surface area (Å²) >= 11 is 0. The average molecular weight is 173 g/mol. The highest BCUT2D eigenvalue weighted by atomic mass is 19.4. The van der Waals surface area contributed by atoms with E-state index in [2.05, 4.69) is 0 Å². The fourth-order valence-corrected chi connectivity index (χ4v) is 0.852. The van der Waals surface area contributed by atoms with E-state index >= 15 is 0 Å². The first-order valence-corrected chi connectivity index (χ1v) is 3.34. The normalized spacial score (nSPS) is 11.6. The zero-order chi connectivity index (χ0) is 9.35. The minimum atomic E-state index is -4.28. The van der Waals surface area contributed by atoms with Gasteiger partial charge in [-0.2, -0.15) is 13.2 Å². The zero-order valence-corrected chi connectivity index (χ0v) is 6.44. The lowest BCUT2D eigenvalue weighted by molar-refractivity contribution is -0.137. The van der Waals surface area contributed by atoms with Crippen molar-refractivity contribution in [1.82, 2.24) is 0 Å². The summed E-state index contributed by atoms with van der Waals surface area (Å²) in [6.45, 7) is 0. The highest BCUT2D eigenvalue weighted by Crippen LogP contribution is 2.28. The first-order valence-electron chi connectivity index (χ1n) is 3.34. The van der Waals surface area contributed by atoms with Crippen LogP contribution >= 0.6 is 0 Å². The van der Waals surface area contributed by atoms with Crippen molar-refractivity contribution in [2.24, 2.45) is 0 Å². The summed E-state index contributed by atoms with van der Waals surface area (Å²) in [4.78, 5) is 0. The summed E-state index contributed by atoms with van der Waals surface area (Å²) in [7, 11) is 1.55. The van der Waals surface area contributed by atoms with E-state index in [-0.39, 0.29) is 0 Å². The third-order valence-electron chi connectivity index (χ3n) is 1.60. The van der Waals surface area contributed by atoms with Gasteiger partial charge in [-0.1, -0.05) is 11.5 Å². The molecule has 64 valence electrons. The minimum Gasteiger partial charge on any atom is -0.399 e. The molecule has 0 atom stereocenters. The lowest BCUT2D eigenvalue weighted by atomic mass is 9.92. The van der Waals surface area contributed by atoms with Crippen molar-refractivity contribution in [1.29, 1.82) is 0 Å². The number of alkyl halides is 3. The lowest BCUT2D eigenvalue weighted by Crippen LogP contribution is -2.14. The molecule has 1 aromatic rings.